The van der Waals surface area contributed by atoms with E-state index in [1.54, 1.807) is 0 Å². The lowest BCUT2D eigenvalue weighted by molar-refractivity contribution is 0.586. The van der Waals surface area contributed by atoms with Crippen LogP contribution in [-0.4, -0.2) is 44.0 Å². The fraction of sp³-hybridized carbons (Fsp3) is 0.615. The Bertz CT molecular complexity index is 524. The highest BCUT2D eigenvalue weighted by Gasteiger charge is 2.22. The van der Waals surface area contributed by atoms with Crippen LogP contribution in [0.25, 0.3) is 0 Å². The first-order valence-electron chi connectivity index (χ1n) is 6.76. The SMILES string of the molecule is O=S1(=O)CCN(c2ccc(CNC3CC3)cn2)CC1. The molecule has 1 aliphatic heterocycles. The van der Waals surface area contributed by atoms with Crippen molar-refractivity contribution in [1.29, 1.82) is 0 Å². The van der Waals surface area contributed by atoms with Gasteiger partial charge in [-0.2, -0.15) is 0 Å². The number of hydrogen-bond donors (Lipinski definition) is 1. The number of sulfone groups is 1. The Hall–Kier alpha value is -1.14. The monoisotopic (exact) mass is 281 g/mol. The second-order valence-electron chi connectivity index (χ2n) is 5.32. The minimum Gasteiger partial charge on any atom is -0.355 e. The van der Waals surface area contributed by atoms with Gasteiger partial charge in [0.1, 0.15) is 5.82 Å². The molecule has 2 fully saturated rings. The molecular formula is C13H19N3O2S. The fourth-order valence-corrected chi connectivity index (χ4v) is 3.40. The Balaban J connectivity index is 1.59. The third kappa shape index (κ3) is 3.45. The largest absolute Gasteiger partial charge is 0.355 e. The Morgan fingerprint density at radius 1 is 1.26 bits per heavy atom. The summed E-state index contributed by atoms with van der Waals surface area (Å²) in [5.74, 6) is 1.35. The number of rotatable bonds is 4. The number of pyridine rings is 1. The van der Waals surface area contributed by atoms with E-state index in [4.69, 9.17) is 0 Å². The molecular weight excluding hydrogens is 262 g/mol. The zero-order chi connectivity index (χ0) is 13.3. The number of anilines is 1. The minimum absolute atomic E-state index is 0.236. The summed E-state index contributed by atoms with van der Waals surface area (Å²) in [6.45, 7) is 1.97. The van der Waals surface area contributed by atoms with Crippen molar-refractivity contribution in [3.05, 3.63) is 23.9 Å². The fourth-order valence-electron chi connectivity index (χ4n) is 2.20. The van der Waals surface area contributed by atoms with Crippen molar-refractivity contribution in [1.82, 2.24) is 10.3 Å². The molecule has 2 aliphatic rings. The summed E-state index contributed by atoms with van der Waals surface area (Å²) < 4.78 is 22.8. The topological polar surface area (TPSA) is 62.3 Å². The van der Waals surface area contributed by atoms with E-state index in [-0.39, 0.29) is 11.5 Å². The molecule has 104 valence electrons. The average molecular weight is 281 g/mol. The van der Waals surface area contributed by atoms with Gasteiger partial charge in [-0.15, -0.1) is 0 Å². The molecule has 0 spiro atoms. The van der Waals surface area contributed by atoms with Gasteiger partial charge in [-0.25, -0.2) is 13.4 Å². The first-order chi connectivity index (χ1) is 9.12. The Morgan fingerprint density at radius 3 is 2.58 bits per heavy atom. The van der Waals surface area contributed by atoms with Crippen molar-refractivity contribution in [3.63, 3.8) is 0 Å². The Morgan fingerprint density at radius 2 is 2.00 bits per heavy atom. The van der Waals surface area contributed by atoms with Crippen LogP contribution in [0.15, 0.2) is 18.3 Å². The molecule has 0 amide bonds. The summed E-state index contributed by atoms with van der Waals surface area (Å²) in [5, 5.41) is 3.45. The molecule has 6 heteroatoms. The summed E-state index contributed by atoms with van der Waals surface area (Å²) in [7, 11) is -2.82. The second kappa shape index (κ2) is 5.09. The van der Waals surface area contributed by atoms with Gasteiger partial charge < -0.3 is 10.2 Å². The van der Waals surface area contributed by atoms with Gasteiger partial charge in [-0.1, -0.05) is 6.07 Å². The van der Waals surface area contributed by atoms with E-state index < -0.39 is 9.84 Å². The average Bonchev–Trinajstić information content (AvgIpc) is 3.21. The highest BCUT2D eigenvalue weighted by Crippen LogP contribution is 2.20. The summed E-state index contributed by atoms with van der Waals surface area (Å²) in [4.78, 5) is 6.48. The van der Waals surface area contributed by atoms with Crippen molar-refractivity contribution >= 4 is 15.7 Å². The van der Waals surface area contributed by atoms with Crippen LogP contribution in [0.4, 0.5) is 5.82 Å². The van der Waals surface area contributed by atoms with Crippen LogP contribution in [0.3, 0.4) is 0 Å². The quantitative estimate of drug-likeness (QED) is 0.874. The second-order valence-corrected chi connectivity index (χ2v) is 7.62. The normalized spacial score (nSPS) is 22.4. The third-order valence-electron chi connectivity index (χ3n) is 3.65. The Labute approximate surface area is 113 Å². The van der Waals surface area contributed by atoms with E-state index in [9.17, 15) is 8.42 Å². The summed E-state index contributed by atoms with van der Waals surface area (Å²) in [5.41, 5.74) is 1.18. The van der Waals surface area contributed by atoms with Crippen molar-refractivity contribution in [2.24, 2.45) is 0 Å². The maximum absolute atomic E-state index is 11.4. The highest BCUT2D eigenvalue weighted by molar-refractivity contribution is 7.91. The molecule has 19 heavy (non-hydrogen) atoms. The number of nitrogens with one attached hydrogen (secondary N) is 1. The molecule has 1 aliphatic carbocycles. The van der Waals surface area contributed by atoms with Crippen LogP contribution >= 0.6 is 0 Å². The highest BCUT2D eigenvalue weighted by atomic mass is 32.2. The summed E-state index contributed by atoms with van der Waals surface area (Å²) >= 11 is 0. The lowest BCUT2D eigenvalue weighted by atomic mass is 10.2. The summed E-state index contributed by atoms with van der Waals surface area (Å²) in [6, 6.07) is 4.76. The molecule has 1 saturated heterocycles. The van der Waals surface area contributed by atoms with Crippen molar-refractivity contribution < 1.29 is 8.42 Å². The van der Waals surface area contributed by atoms with Crippen LogP contribution in [0.2, 0.25) is 0 Å². The van der Waals surface area contributed by atoms with E-state index in [1.807, 2.05) is 17.2 Å². The molecule has 1 saturated carbocycles. The maximum atomic E-state index is 11.4. The molecule has 1 N–H and O–H groups in total. The maximum Gasteiger partial charge on any atom is 0.153 e. The smallest absolute Gasteiger partial charge is 0.153 e. The van der Waals surface area contributed by atoms with Crippen LogP contribution < -0.4 is 10.2 Å². The standard InChI is InChI=1S/C13H19N3O2S/c17-19(18)7-5-16(6-8-19)13-4-1-11(10-15-13)9-14-12-2-3-12/h1,4,10,12,14H,2-3,5-9H2. The van der Waals surface area contributed by atoms with E-state index in [0.29, 0.717) is 19.1 Å². The van der Waals surface area contributed by atoms with Crippen LogP contribution in [0.1, 0.15) is 18.4 Å². The van der Waals surface area contributed by atoms with Crippen LogP contribution in [0, 0.1) is 0 Å². The molecule has 0 atom stereocenters. The van der Waals surface area contributed by atoms with E-state index in [1.165, 1.54) is 18.4 Å². The molecule has 0 radical (unpaired) electrons. The number of aromatic nitrogens is 1. The molecule has 2 heterocycles. The van der Waals surface area contributed by atoms with Crippen molar-refractivity contribution in [2.45, 2.75) is 25.4 Å². The van der Waals surface area contributed by atoms with Crippen LogP contribution in [0.5, 0.6) is 0 Å². The molecule has 1 aromatic heterocycles. The molecule has 0 aromatic carbocycles. The predicted molar refractivity (Wildman–Crippen MR) is 75.0 cm³/mol. The minimum atomic E-state index is -2.82. The zero-order valence-corrected chi connectivity index (χ0v) is 11.7. The lowest BCUT2D eigenvalue weighted by Gasteiger charge is -2.27. The number of hydrogen-bond acceptors (Lipinski definition) is 5. The molecule has 1 aromatic rings. The lowest BCUT2D eigenvalue weighted by Crippen LogP contribution is -2.40. The zero-order valence-electron chi connectivity index (χ0n) is 10.9. The first kappa shape index (κ1) is 12.9. The van der Waals surface area contributed by atoms with E-state index in [2.05, 4.69) is 16.4 Å². The predicted octanol–water partition coefficient (Wildman–Crippen LogP) is 0.568. The van der Waals surface area contributed by atoms with Crippen molar-refractivity contribution in [2.75, 3.05) is 29.5 Å². The summed E-state index contributed by atoms with van der Waals surface area (Å²) in [6.07, 6.45) is 4.45. The third-order valence-corrected chi connectivity index (χ3v) is 5.26. The van der Waals surface area contributed by atoms with Gasteiger partial charge in [0.15, 0.2) is 9.84 Å². The molecule has 0 bridgehead atoms. The number of nitrogens with zero attached hydrogens (tertiary/aromatic N) is 2. The van der Waals surface area contributed by atoms with Gasteiger partial charge in [0.05, 0.1) is 11.5 Å². The molecule has 5 nitrogen and oxygen atoms in total. The van der Waals surface area contributed by atoms with Gasteiger partial charge >= 0.3 is 0 Å². The molecule has 3 rings (SSSR count). The van der Waals surface area contributed by atoms with Crippen molar-refractivity contribution in [3.8, 4) is 0 Å². The van der Waals surface area contributed by atoms with Gasteiger partial charge in [-0.05, 0) is 24.5 Å². The van der Waals surface area contributed by atoms with Gasteiger partial charge in [-0.3, -0.25) is 0 Å². The van der Waals surface area contributed by atoms with Gasteiger partial charge in [0.2, 0.25) is 0 Å². The van der Waals surface area contributed by atoms with Crippen LogP contribution in [-0.2, 0) is 16.4 Å². The Kier molecular flexibility index (Phi) is 3.45. The van der Waals surface area contributed by atoms with E-state index >= 15 is 0 Å². The first-order valence-corrected chi connectivity index (χ1v) is 8.58. The van der Waals surface area contributed by atoms with Gasteiger partial charge in [0, 0.05) is 31.9 Å². The van der Waals surface area contributed by atoms with Gasteiger partial charge in [0.25, 0.3) is 0 Å². The molecule has 0 unspecified atom stereocenters. The van der Waals surface area contributed by atoms with E-state index in [0.717, 1.165) is 12.4 Å².